The summed E-state index contributed by atoms with van der Waals surface area (Å²) in [4.78, 5) is 0. The van der Waals surface area contributed by atoms with Crippen LogP contribution in [0.1, 0.15) is 30.9 Å². The van der Waals surface area contributed by atoms with Crippen LogP contribution in [0.15, 0.2) is 18.2 Å². The smallest absolute Gasteiger partial charge is 0.127 e. The largest absolute Gasteiger partial charge is 0.496 e. The number of nitrogens with one attached hydrogen (secondary N) is 1. The van der Waals surface area contributed by atoms with Gasteiger partial charge in [0.2, 0.25) is 0 Å². The molecule has 4 nitrogen and oxygen atoms in total. The van der Waals surface area contributed by atoms with E-state index in [1.807, 2.05) is 25.2 Å². The third-order valence-corrected chi connectivity index (χ3v) is 4.18. The average Bonchev–Trinajstić information content (AvgIpc) is 2.42. The first kappa shape index (κ1) is 14.2. The van der Waals surface area contributed by atoms with Crippen LogP contribution in [0.2, 0.25) is 0 Å². The molecule has 1 aliphatic rings. The van der Waals surface area contributed by atoms with Crippen molar-refractivity contribution < 1.29 is 14.2 Å². The predicted octanol–water partition coefficient (Wildman–Crippen LogP) is 2.53. The molecule has 1 saturated carbocycles. The fourth-order valence-corrected chi connectivity index (χ4v) is 2.97. The molecule has 1 fully saturated rings. The Labute approximate surface area is 115 Å². The van der Waals surface area contributed by atoms with Gasteiger partial charge in [-0.3, -0.25) is 0 Å². The molecule has 0 amide bonds. The van der Waals surface area contributed by atoms with Gasteiger partial charge in [-0.15, -0.1) is 0 Å². The molecule has 1 aromatic carbocycles. The van der Waals surface area contributed by atoms with Gasteiger partial charge < -0.3 is 19.5 Å². The number of ether oxygens (including phenoxy) is 3. The summed E-state index contributed by atoms with van der Waals surface area (Å²) in [7, 11) is 7.11. The van der Waals surface area contributed by atoms with Crippen molar-refractivity contribution in [2.24, 2.45) is 0 Å². The van der Waals surface area contributed by atoms with Gasteiger partial charge >= 0.3 is 0 Å². The molecule has 1 aromatic rings. The molecule has 1 aliphatic carbocycles. The summed E-state index contributed by atoms with van der Waals surface area (Å²) in [5, 5.41) is 3.38. The lowest BCUT2D eigenvalue weighted by molar-refractivity contribution is -0.0990. The predicted molar refractivity (Wildman–Crippen MR) is 74.9 cm³/mol. The van der Waals surface area contributed by atoms with Crippen molar-refractivity contribution in [3.63, 3.8) is 0 Å². The molecular weight excluding hydrogens is 242 g/mol. The fourth-order valence-electron chi connectivity index (χ4n) is 2.97. The minimum Gasteiger partial charge on any atom is -0.496 e. The van der Waals surface area contributed by atoms with Crippen LogP contribution in [0.3, 0.4) is 0 Å². The van der Waals surface area contributed by atoms with Crippen LogP contribution in [0, 0.1) is 0 Å². The van der Waals surface area contributed by atoms with Crippen molar-refractivity contribution in [1.82, 2.24) is 5.32 Å². The van der Waals surface area contributed by atoms with Gasteiger partial charge in [0.05, 0.1) is 31.4 Å². The highest BCUT2D eigenvalue weighted by Crippen LogP contribution is 2.49. The van der Waals surface area contributed by atoms with Crippen molar-refractivity contribution in [2.75, 3.05) is 28.4 Å². The van der Waals surface area contributed by atoms with Crippen LogP contribution in [0.25, 0.3) is 0 Å². The van der Waals surface area contributed by atoms with E-state index in [-0.39, 0.29) is 11.6 Å². The topological polar surface area (TPSA) is 39.7 Å². The molecule has 4 heteroatoms. The van der Waals surface area contributed by atoms with Gasteiger partial charge in [-0.05, 0) is 38.4 Å². The van der Waals surface area contributed by atoms with E-state index in [1.165, 1.54) is 6.42 Å². The summed E-state index contributed by atoms with van der Waals surface area (Å²) in [6.07, 6.45) is 3.30. The van der Waals surface area contributed by atoms with E-state index in [2.05, 4.69) is 5.32 Å². The van der Waals surface area contributed by atoms with Gasteiger partial charge in [-0.2, -0.15) is 0 Å². The Hall–Kier alpha value is -1.26. The average molecular weight is 265 g/mol. The van der Waals surface area contributed by atoms with E-state index in [1.54, 1.807) is 21.3 Å². The number of benzene rings is 1. The molecule has 0 bridgehead atoms. The maximum absolute atomic E-state index is 5.81. The standard InChI is InChI=1S/C15H23NO3/c1-16-14(15(19-4)9-6-10-15)13-11(17-2)7-5-8-12(13)18-3/h5,7-8,14,16H,6,9-10H2,1-4H3. The highest BCUT2D eigenvalue weighted by Gasteiger charge is 2.46. The maximum Gasteiger partial charge on any atom is 0.127 e. The van der Waals surface area contributed by atoms with Gasteiger partial charge in [0.25, 0.3) is 0 Å². The molecular formula is C15H23NO3. The molecule has 106 valence electrons. The molecule has 19 heavy (non-hydrogen) atoms. The minimum absolute atomic E-state index is 0.0670. The van der Waals surface area contributed by atoms with Crippen molar-refractivity contribution >= 4 is 0 Å². The normalized spacial score (nSPS) is 18.5. The molecule has 0 saturated heterocycles. The second-order valence-electron chi connectivity index (χ2n) is 4.92. The molecule has 0 aliphatic heterocycles. The SMILES string of the molecule is CNC(c1c(OC)cccc1OC)C1(OC)CCC1. The lowest BCUT2D eigenvalue weighted by Crippen LogP contribution is -2.49. The van der Waals surface area contributed by atoms with Crippen LogP contribution in [0.4, 0.5) is 0 Å². The molecule has 1 N–H and O–H groups in total. The quantitative estimate of drug-likeness (QED) is 0.858. The molecule has 0 spiro atoms. The van der Waals surface area contributed by atoms with E-state index in [9.17, 15) is 0 Å². The number of rotatable bonds is 6. The van der Waals surface area contributed by atoms with Crippen LogP contribution < -0.4 is 14.8 Å². The third-order valence-electron chi connectivity index (χ3n) is 4.18. The highest BCUT2D eigenvalue weighted by atomic mass is 16.5. The summed E-state index contributed by atoms with van der Waals surface area (Å²) in [5.74, 6) is 1.67. The highest BCUT2D eigenvalue weighted by molar-refractivity contribution is 5.48. The summed E-state index contributed by atoms with van der Waals surface area (Å²) in [6, 6.07) is 5.93. The first-order valence-electron chi connectivity index (χ1n) is 6.65. The molecule has 0 heterocycles. The first-order chi connectivity index (χ1) is 9.22. The van der Waals surface area contributed by atoms with Crippen molar-refractivity contribution in [3.8, 4) is 11.5 Å². The summed E-state index contributed by atoms with van der Waals surface area (Å²) >= 11 is 0. The molecule has 1 unspecified atom stereocenters. The van der Waals surface area contributed by atoms with Crippen LogP contribution in [-0.4, -0.2) is 34.0 Å². The monoisotopic (exact) mass is 265 g/mol. The number of likely N-dealkylation sites (N-methyl/N-ethyl adjacent to an activating group) is 1. The fraction of sp³-hybridized carbons (Fsp3) is 0.600. The minimum atomic E-state index is -0.156. The van der Waals surface area contributed by atoms with Crippen LogP contribution in [0.5, 0.6) is 11.5 Å². The van der Waals surface area contributed by atoms with Gasteiger partial charge in [-0.1, -0.05) is 6.07 Å². The molecule has 0 radical (unpaired) electrons. The van der Waals surface area contributed by atoms with Crippen molar-refractivity contribution in [1.29, 1.82) is 0 Å². The Morgan fingerprint density at radius 1 is 1.11 bits per heavy atom. The Morgan fingerprint density at radius 2 is 1.68 bits per heavy atom. The van der Waals surface area contributed by atoms with E-state index >= 15 is 0 Å². The van der Waals surface area contributed by atoms with E-state index in [0.29, 0.717) is 0 Å². The first-order valence-corrected chi connectivity index (χ1v) is 6.65. The van der Waals surface area contributed by atoms with Gasteiger partial charge in [0.1, 0.15) is 11.5 Å². The number of hydrogen-bond donors (Lipinski definition) is 1. The zero-order valence-corrected chi connectivity index (χ0v) is 12.2. The van der Waals surface area contributed by atoms with Gasteiger partial charge in [0, 0.05) is 7.11 Å². The molecule has 1 atom stereocenters. The summed E-state index contributed by atoms with van der Waals surface area (Å²) < 4.78 is 16.8. The molecule has 0 aromatic heterocycles. The Kier molecular flexibility index (Phi) is 4.32. The van der Waals surface area contributed by atoms with Crippen molar-refractivity contribution in [3.05, 3.63) is 23.8 Å². The Bertz CT molecular complexity index is 402. The van der Waals surface area contributed by atoms with E-state index in [0.717, 1.165) is 29.9 Å². The number of methoxy groups -OCH3 is 3. The zero-order chi connectivity index (χ0) is 13.9. The summed E-state index contributed by atoms with van der Waals surface area (Å²) in [5.41, 5.74) is 0.882. The van der Waals surface area contributed by atoms with Crippen molar-refractivity contribution in [2.45, 2.75) is 30.9 Å². The van der Waals surface area contributed by atoms with Gasteiger partial charge in [0.15, 0.2) is 0 Å². The zero-order valence-electron chi connectivity index (χ0n) is 12.2. The van der Waals surface area contributed by atoms with E-state index < -0.39 is 0 Å². The lowest BCUT2D eigenvalue weighted by atomic mass is 9.72. The van der Waals surface area contributed by atoms with Gasteiger partial charge in [-0.25, -0.2) is 0 Å². The molecule has 2 rings (SSSR count). The number of hydrogen-bond acceptors (Lipinski definition) is 4. The Morgan fingerprint density at radius 3 is 2.00 bits per heavy atom. The third kappa shape index (κ3) is 2.30. The second kappa shape index (κ2) is 5.80. The second-order valence-corrected chi connectivity index (χ2v) is 4.92. The van der Waals surface area contributed by atoms with Crippen LogP contribution in [-0.2, 0) is 4.74 Å². The maximum atomic E-state index is 5.81. The summed E-state index contributed by atoms with van der Waals surface area (Å²) in [6.45, 7) is 0. The van der Waals surface area contributed by atoms with Crippen LogP contribution >= 0.6 is 0 Å². The Balaban J connectivity index is 2.48. The lowest BCUT2D eigenvalue weighted by Gasteiger charge is -2.47. The van der Waals surface area contributed by atoms with E-state index in [4.69, 9.17) is 14.2 Å².